The van der Waals surface area contributed by atoms with Crippen LogP contribution in [0.5, 0.6) is 0 Å². The Balaban J connectivity index is 1.82. The first-order valence-electron chi connectivity index (χ1n) is 10.9. The monoisotopic (exact) mass is 486 g/mol. The lowest BCUT2D eigenvalue weighted by atomic mass is 9.91. The number of anilines is 1. The van der Waals surface area contributed by atoms with Crippen LogP contribution in [0.15, 0.2) is 28.0 Å². The number of pyridine rings is 1. The van der Waals surface area contributed by atoms with Crippen LogP contribution in [0, 0.1) is 18.8 Å². The van der Waals surface area contributed by atoms with Gasteiger partial charge in [-0.1, -0.05) is 43.9 Å². The van der Waals surface area contributed by atoms with Crippen LogP contribution in [-0.4, -0.2) is 55.2 Å². The van der Waals surface area contributed by atoms with Crippen molar-refractivity contribution in [2.75, 3.05) is 24.5 Å². The van der Waals surface area contributed by atoms with Crippen LogP contribution >= 0.6 is 24.0 Å². The molecule has 2 saturated heterocycles. The zero-order valence-electron chi connectivity index (χ0n) is 18.8. The van der Waals surface area contributed by atoms with Gasteiger partial charge < -0.3 is 10.0 Å². The van der Waals surface area contributed by atoms with E-state index in [9.17, 15) is 14.4 Å². The maximum Gasteiger partial charge on any atom is 0.305 e. The van der Waals surface area contributed by atoms with Crippen molar-refractivity contribution in [1.82, 2.24) is 14.3 Å². The first-order valence-corrected chi connectivity index (χ1v) is 12.1. The maximum atomic E-state index is 13.6. The Morgan fingerprint density at radius 3 is 2.64 bits per heavy atom. The van der Waals surface area contributed by atoms with E-state index in [2.05, 4.69) is 18.7 Å². The minimum atomic E-state index is -1.00. The molecule has 33 heavy (non-hydrogen) atoms. The smallest absolute Gasteiger partial charge is 0.305 e. The summed E-state index contributed by atoms with van der Waals surface area (Å²) in [6, 6.07) is 3.74. The Bertz CT molecular complexity index is 1230. The number of aryl methyl sites for hydroxylation is 1. The van der Waals surface area contributed by atoms with Crippen molar-refractivity contribution in [2.45, 2.75) is 33.6 Å². The summed E-state index contributed by atoms with van der Waals surface area (Å²) in [4.78, 5) is 46.1. The molecule has 0 bridgehead atoms. The summed E-state index contributed by atoms with van der Waals surface area (Å²) in [5.74, 6) is 0.0866. The summed E-state index contributed by atoms with van der Waals surface area (Å²) in [7, 11) is 0. The third-order valence-corrected chi connectivity index (χ3v) is 7.23. The number of hydrogen-bond donors (Lipinski definition) is 1. The second-order valence-electron chi connectivity index (χ2n) is 8.92. The Morgan fingerprint density at radius 1 is 1.27 bits per heavy atom. The highest BCUT2D eigenvalue weighted by Gasteiger charge is 2.33. The van der Waals surface area contributed by atoms with E-state index in [0.717, 1.165) is 36.8 Å². The van der Waals surface area contributed by atoms with Crippen molar-refractivity contribution in [3.05, 3.63) is 44.7 Å². The van der Waals surface area contributed by atoms with E-state index >= 15 is 0 Å². The van der Waals surface area contributed by atoms with Crippen LogP contribution in [0.4, 0.5) is 5.82 Å². The fourth-order valence-corrected chi connectivity index (χ4v) is 5.77. The van der Waals surface area contributed by atoms with Crippen LogP contribution in [0.1, 0.15) is 37.8 Å². The van der Waals surface area contributed by atoms with Crippen molar-refractivity contribution < 1.29 is 14.7 Å². The highest BCUT2D eigenvalue weighted by Crippen LogP contribution is 2.34. The summed E-state index contributed by atoms with van der Waals surface area (Å²) >= 11 is 6.39. The van der Waals surface area contributed by atoms with Crippen molar-refractivity contribution in [3.63, 3.8) is 0 Å². The second kappa shape index (κ2) is 9.26. The Hall–Kier alpha value is -2.72. The van der Waals surface area contributed by atoms with Gasteiger partial charge in [0.15, 0.2) is 0 Å². The number of thiocarbonyl (C=S) groups is 1. The minimum absolute atomic E-state index is 0.000497. The van der Waals surface area contributed by atoms with E-state index < -0.39 is 5.97 Å². The van der Waals surface area contributed by atoms with Gasteiger partial charge in [0.1, 0.15) is 15.8 Å². The topological polar surface area (TPSA) is 95.2 Å². The predicted molar refractivity (Wildman–Crippen MR) is 133 cm³/mol. The van der Waals surface area contributed by atoms with Gasteiger partial charge in [-0.3, -0.25) is 23.7 Å². The number of carbonyl (C=O) groups is 2. The SMILES string of the molecule is Cc1ccc2nc(N3CC(C)CC(C)C3)c(C=C3SC(=S)N(CCC(=O)O)C3=O)c(=O)n2c1. The number of carboxylic acids is 1. The van der Waals surface area contributed by atoms with E-state index in [1.807, 2.05) is 19.1 Å². The number of carboxylic acid groups (broad SMARTS) is 1. The highest BCUT2D eigenvalue weighted by molar-refractivity contribution is 8.26. The number of carbonyl (C=O) groups excluding carboxylic acids is 1. The van der Waals surface area contributed by atoms with Gasteiger partial charge in [0.25, 0.3) is 11.5 Å². The number of aliphatic carboxylic acids is 1. The molecule has 0 aliphatic carbocycles. The van der Waals surface area contributed by atoms with Gasteiger partial charge in [0.2, 0.25) is 0 Å². The molecule has 2 aromatic heterocycles. The minimum Gasteiger partial charge on any atom is -0.481 e. The average molecular weight is 487 g/mol. The first-order chi connectivity index (χ1) is 15.6. The van der Waals surface area contributed by atoms with Crippen molar-refractivity contribution in [2.24, 2.45) is 11.8 Å². The molecule has 8 nitrogen and oxygen atoms in total. The number of rotatable bonds is 5. The van der Waals surface area contributed by atoms with Crippen LogP contribution in [0.25, 0.3) is 11.7 Å². The van der Waals surface area contributed by atoms with E-state index in [0.29, 0.717) is 38.1 Å². The standard InChI is InChI=1S/C23H26N4O4S2/c1-13-4-5-18-24-20(25-10-14(2)8-15(3)11-25)16(21(30)27(18)12-13)9-17-22(31)26(23(32)33-17)7-6-19(28)29/h4-5,9,12,14-15H,6-8,10-11H2,1-3H3,(H,28,29). The molecule has 2 unspecified atom stereocenters. The predicted octanol–water partition coefficient (Wildman–Crippen LogP) is 3.16. The maximum absolute atomic E-state index is 13.6. The number of piperidine rings is 1. The molecule has 0 radical (unpaired) electrons. The molecule has 0 spiro atoms. The van der Waals surface area contributed by atoms with Crippen LogP contribution < -0.4 is 10.5 Å². The van der Waals surface area contributed by atoms with E-state index in [4.69, 9.17) is 22.3 Å². The molecule has 0 aromatic carbocycles. The van der Waals surface area contributed by atoms with E-state index in [1.54, 1.807) is 12.3 Å². The molecule has 4 rings (SSSR count). The number of thioether (sulfide) groups is 1. The molecule has 2 aromatic rings. The molecule has 2 atom stereocenters. The fraction of sp³-hybridized carbons (Fsp3) is 0.435. The molecule has 2 aliphatic rings. The Kier molecular flexibility index (Phi) is 6.58. The molecular formula is C23H26N4O4S2. The van der Waals surface area contributed by atoms with Gasteiger partial charge in [-0.2, -0.15) is 0 Å². The summed E-state index contributed by atoms with van der Waals surface area (Å²) in [5.41, 5.74) is 1.57. The van der Waals surface area contributed by atoms with Gasteiger partial charge in [-0.15, -0.1) is 0 Å². The van der Waals surface area contributed by atoms with Crippen molar-refractivity contribution in [1.29, 1.82) is 0 Å². The lowest BCUT2D eigenvalue weighted by Gasteiger charge is -2.36. The number of nitrogens with zero attached hydrogens (tertiary/aromatic N) is 4. The molecule has 2 aliphatic heterocycles. The zero-order valence-corrected chi connectivity index (χ0v) is 20.4. The molecule has 174 valence electrons. The van der Waals surface area contributed by atoms with Crippen LogP contribution in [0.3, 0.4) is 0 Å². The summed E-state index contributed by atoms with van der Waals surface area (Å²) in [6.45, 7) is 7.83. The zero-order chi connectivity index (χ0) is 23.9. The molecule has 0 saturated carbocycles. The Labute approximate surface area is 201 Å². The largest absolute Gasteiger partial charge is 0.481 e. The second-order valence-corrected chi connectivity index (χ2v) is 10.6. The third-order valence-electron chi connectivity index (χ3n) is 5.85. The van der Waals surface area contributed by atoms with E-state index in [1.165, 1.54) is 9.30 Å². The number of amides is 1. The summed E-state index contributed by atoms with van der Waals surface area (Å²) in [5, 5.41) is 8.97. The van der Waals surface area contributed by atoms with Gasteiger partial charge in [0, 0.05) is 25.8 Å². The normalized spacial score (nSPS) is 22.6. The molecule has 2 fully saturated rings. The molecule has 4 heterocycles. The summed E-state index contributed by atoms with van der Waals surface area (Å²) < 4.78 is 1.80. The number of fused-ring (bicyclic) bond motifs is 1. The molecule has 1 amide bonds. The van der Waals surface area contributed by atoms with Crippen LogP contribution in [0.2, 0.25) is 0 Å². The fourth-order valence-electron chi connectivity index (χ4n) is 4.48. The van der Waals surface area contributed by atoms with Gasteiger partial charge >= 0.3 is 5.97 Å². The lowest BCUT2D eigenvalue weighted by Crippen LogP contribution is -2.40. The van der Waals surface area contributed by atoms with Gasteiger partial charge in [-0.05, 0) is 42.9 Å². The first kappa shape index (κ1) is 23.4. The Morgan fingerprint density at radius 2 is 1.97 bits per heavy atom. The third kappa shape index (κ3) is 4.81. The van der Waals surface area contributed by atoms with Crippen molar-refractivity contribution in [3.8, 4) is 0 Å². The number of aromatic nitrogens is 2. The molecule has 10 heteroatoms. The molecular weight excluding hydrogens is 460 g/mol. The van der Waals surface area contributed by atoms with E-state index in [-0.39, 0.29) is 24.4 Å². The van der Waals surface area contributed by atoms with Crippen LogP contribution in [-0.2, 0) is 9.59 Å². The number of hydrogen-bond acceptors (Lipinski definition) is 7. The highest BCUT2D eigenvalue weighted by atomic mass is 32.2. The van der Waals surface area contributed by atoms with Crippen molar-refractivity contribution >= 4 is 57.7 Å². The average Bonchev–Trinajstić information content (AvgIpc) is 3.00. The van der Waals surface area contributed by atoms with Gasteiger partial charge in [-0.25, -0.2) is 4.98 Å². The van der Waals surface area contributed by atoms with Gasteiger partial charge in [0.05, 0.1) is 16.9 Å². The quantitative estimate of drug-likeness (QED) is 0.509. The molecule has 1 N–H and O–H groups in total. The summed E-state index contributed by atoms with van der Waals surface area (Å²) in [6.07, 6.45) is 4.22. The lowest BCUT2D eigenvalue weighted by molar-refractivity contribution is -0.137.